The van der Waals surface area contributed by atoms with Crippen molar-refractivity contribution in [3.05, 3.63) is 22.8 Å². The van der Waals surface area contributed by atoms with E-state index in [9.17, 15) is 0 Å². The van der Waals surface area contributed by atoms with E-state index in [1.807, 2.05) is 0 Å². The van der Waals surface area contributed by atoms with Gasteiger partial charge in [0.15, 0.2) is 0 Å². The second kappa shape index (κ2) is 1.78. The van der Waals surface area contributed by atoms with E-state index in [0.717, 1.165) is 6.42 Å². The van der Waals surface area contributed by atoms with Crippen molar-refractivity contribution in [2.75, 3.05) is 0 Å². The molecule has 0 spiro atoms. The van der Waals surface area contributed by atoms with E-state index in [4.69, 9.17) is 5.73 Å². The zero-order valence-corrected chi connectivity index (χ0v) is 5.74. The van der Waals surface area contributed by atoms with Crippen LogP contribution in [0.1, 0.15) is 6.42 Å². The molecule has 0 fully saturated rings. The van der Waals surface area contributed by atoms with Crippen LogP contribution < -0.4 is 11.1 Å². The summed E-state index contributed by atoms with van der Waals surface area (Å²) in [5.74, 6) is 0. The summed E-state index contributed by atoms with van der Waals surface area (Å²) in [5, 5.41) is 3.17. The molecule has 0 aromatic carbocycles. The highest BCUT2D eigenvalue weighted by Gasteiger charge is 2.20. The van der Waals surface area contributed by atoms with Crippen LogP contribution in [0.2, 0.25) is 0 Å². The first-order valence-electron chi connectivity index (χ1n) is 2.95. The average Bonchev–Trinajstić information content (AvgIpc) is 2.22. The molecular weight excluding hydrogens is 132 g/mol. The maximum Gasteiger partial charge on any atom is 0.127 e. The molecule has 2 aliphatic rings. The lowest BCUT2D eigenvalue weighted by Crippen LogP contribution is -2.28. The van der Waals surface area contributed by atoms with Crippen LogP contribution >= 0.6 is 11.8 Å². The van der Waals surface area contributed by atoms with Crippen LogP contribution in [-0.2, 0) is 0 Å². The van der Waals surface area contributed by atoms with Gasteiger partial charge in [0.25, 0.3) is 0 Å². The predicted octanol–water partition coefficient (Wildman–Crippen LogP) is 0.737. The van der Waals surface area contributed by atoms with Crippen molar-refractivity contribution in [1.29, 1.82) is 0 Å². The first kappa shape index (κ1) is 5.38. The largest absolute Gasteiger partial charge is 0.363 e. The van der Waals surface area contributed by atoms with Gasteiger partial charge in [0.05, 0.1) is 0 Å². The van der Waals surface area contributed by atoms with Crippen molar-refractivity contribution in [2.45, 2.75) is 11.9 Å². The molecule has 0 aromatic rings. The molecule has 0 saturated carbocycles. The van der Waals surface area contributed by atoms with E-state index in [0.29, 0.717) is 0 Å². The Kier molecular flexibility index (Phi) is 1.07. The molecule has 9 heavy (non-hydrogen) atoms. The fourth-order valence-electron chi connectivity index (χ4n) is 1.06. The number of rotatable bonds is 0. The third kappa shape index (κ3) is 0.767. The molecule has 1 aliphatic carbocycles. The molecule has 1 heterocycles. The molecule has 0 amide bonds. The molecule has 2 rings (SSSR count). The van der Waals surface area contributed by atoms with Gasteiger partial charge < -0.3 is 11.1 Å². The topological polar surface area (TPSA) is 38.0 Å². The van der Waals surface area contributed by atoms with Crippen LogP contribution in [-0.4, -0.2) is 5.50 Å². The summed E-state index contributed by atoms with van der Waals surface area (Å²) in [6.07, 6.45) is 5.31. The Labute approximate surface area is 58.2 Å². The molecule has 1 unspecified atom stereocenters. The molecule has 0 aromatic heterocycles. The Bertz CT molecular complexity index is 195. The molecule has 48 valence electrons. The van der Waals surface area contributed by atoms with Crippen LogP contribution in [0.4, 0.5) is 0 Å². The third-order valence-electron chi connectivity index (χ3n) is 1.46. The molecule has 3 heteroatoms. The second-order valence-electron chi connectivity index (χ2n) is 2.13. The molecular formula is C6H8N2S. The first-order chi connectivity index (χ1) is 4.36. The molecule has 1 atom stereocenters. The number of allylic oxidation sites excluding steroid dienone is 2. The molecule has 0 bridgehead atoms. The Morgan fingerprint density at radius 3 is 3.44 bits per heavy atom. The Morgan fingerprint density at radius 1 is 1.78 bits per heavy atom. The van der Waals surface area contributed by atoms with Crippen LogP contribution in [0.15, 0.2) is 22.8 Å². The van der Waals surface area contributed by atoms with Gasteiger partial charge in [-0.3, -0.25) is 0 Å². The average molecular weight is 140 g/mol. The number of thioether (sulfide) groups is 1. The Hall–Kier alpha value is -0.410. The van der Waals surface area contributed by atoms with E-state index < -0.39 is 0 Å². The smallest absolute Gasteiger partial charge is 0.127 e. The number of nitrogens with two attached hydrogens (primary N) is 1. The van der Waals surface area contributed by atoms with Gasteiger partial charge in [-0.2, -0.15) is 0 Å². The lowest BCUT2D eigenvalue weighted by atomic mass is 10.4. The summed E-state index contributed by atoms with van der Waals surface area (Å²) < 4.78 is 0. The predicted molar refractivity (Wildman–Crippen MR) is 39.5 cm³/mol. The lowest BCUT2D eigenvalue weighted by molar-refractivity contribution is 0.775. The standard InChI is InChI=1S/C6H8N2S/c7-6-8-4-2-1-3-5(4)9-6/h1,3,6,8H,2,7H2. The minimum absolute atomic E-state index is 0.0972. The van der Waals surface area contributed by atoms with Crippen LogP contribution in [0.25, 0.3) is 0 Å². The first-order valence-corrected chi connectivity index (χ1v) is 3.83. The highest BCUT2D eigenvalue weighted by atomic mass is 32.2. The van der Waals surface area contributed by atoms with E-state index in [1.54, 1.807) is 11.8 Å². The Balaban J connectivity index is 2.22. The fraction of sp³-hybridized carbons (Fsp3) is 0.333. The van der Waals surface area contributed by atoms with E-state index in [1.165, 1.54) is 10.6 Å². The second-order valence-corrected chi connectivity index (χ2v) is 3.32. The van der Waals surface area contributed by atoms with Gasteiger partial charge in [0.2, 0.25) is 0 Å². The van der Waals surface area contributed by atoms with Crippen molar-refractivity contribution in [1.82, 2.24) is 5.32 Å². The number of nitrogens with one attached hydrogen (secondary N) is 1. The summed E-state index contributed by atoms with van der Waals surface area (Å²) in [4.78, 5) is 1.32. The minimum atomic E-state index is 0.0972. The zero-order chi connectivity index (χ0) is 6.27. The fourth-order valence-corrected chi connectivity index (χ4v) is 2.00. The van der Waals surface area contributed by atoms with E-state index in [-0.39, 0.29) is 5.50 Å². The number of hydrogen-bond donors (Lipinski definition) is 2. The molecule has 1 aliphatic heterocycles. The summed E-state index contributed by atoms with van der Waals surface area (Å²) in [6.45, 7) is 0. The summed E-state index contributed by atoms with van der Waals surface area (Å²) >= 11 is 1.70. The molecule has 0 radical (unpaired) electrons. The van der Waals surface area contributed by atoms with Crippen LogP contribution in [0.5, 0.6) is 0 Å². The van der Waals surface area contributed by atoms with Gasteiger partial charge in [0, 0.05) is 17.0 Å². The highest BCUT2D eigenvalue weighted by molar-refractivity contribution is 8.04. The minimum Gasteiger partial charge on any atom is -0.363 e. The molecule has 0 saturated heterocycles. The van der Waals surface area contributed by atoms with E-state index >= 15 is 0 Å². The van der Waals surface area contributed by atoms with Gasteiger partial charge in [-0.1, -0.05) is 23.9 Å². The van der Waals surface area contributed by atoms with Gasteiger partial charge in [-0.15, -0.1) is 0 Å². The van der Waals surface area contributed by atoms with Crippen molar-refractivity contribution < 1.29 is 0 Å². The third-order valence-corrected chi connectivity index (χ3v) is 2.47. The zero-order valence-electron chi connectivity index (χ0n) is 4.92. The quantitative estimate of drug-likeness (QED) is 0.521. The van der Waals surface area contributed by atoms with Crippen molar-refractivity contribution in [3.63, 3.8) is 0 Å². The highest BCUT2D eigenvalue weighted by Crippen LogP contribution is 2.34. The van der Waals surface area contributed by atoms with Crippen LogP contribution in [0.3, 0.4) is 0 Å². The summed E-state index contributed by atoms with van der Waals surface area (Å²) in [6, 6.07) is 0. The number of hydrogen-bond acceptors (Lipinski definition) is 3. The summed E-state index contributed by atoms with van der Waals surface area (Å²) in [7, 11) is 0. The van der Waals surface area contributed by atoms with Crippen molar-refractivity contribution in [3.8, 4) is 0 Å². The van der Waals surface area contributed by atoms with Crippen LogP contribution in [0, 0.1) is 0 Å². The lowest BCUT2D eigenvalue weighted by Gasteiger charge is -2.03. The Morgan fingerprint density at radius 2 is 2.67 bits per heavy atom. The SMILES string of the molecule is NC1NC2=C(C=CC2)S1. The normalized spacial score (nSPS) is 31.0. The van der Waals surface area contributed by atoms with Crippen molar-refractivity contribution in [2.24, 2.45) is 5.73 Å². The van der Waals surface area contributed by atoms with Crippen molar-refractivity contribution >= 4 is 11.8 Å². The van der Waals surface area contributed by atoms with Gasteiger partial charge in [-0.25, -0.2) is 0 Å². The van der Waals surface area contributed by atoms with Gasteiger partial charge in [0.1, 0.15) is 5.50 Å². The maximum atomic E-state index is 5.60. The molecule has 3 N–H and O–H groups in total. The van der Waals surface area contributed by atoms with Gasteiger partial charge in [-0.05, 0) is 0 Å². The maximum absolute atomic E-state index is 5.60. The van der Waals surface area contributed by atoms with E-state index in [2.05, 4.69) is 17.5 Å². The monoisotopic (exact) mass is 140 g/mol. The summed E-state index contributed by atoms with van der Waals surface area (Å²) in [5.41, 5.74) is 7.00. The van der Waals surface area contributed by atoms with Gasteiger partial charge >= 0.3 is 0 Å². The molecule has 2 nitrogen and oxygen atoms in total.